The zero-order chi connectivity index (χ0) is 9.90. The van der Waals surface area contributed by atoms with Gasteiger partial charge < -0.3 is 14.9 Å². The summed E-state index contributed by atoms with van der Waals surface area (Å²) in [5.74, 6) is 0.928. The highest BCUT2D eigenvalue weighted by atomic mass is 16.5. The Balaban J connectivity index is 2.93. The van der Waals surface area contributed by atoms with Crippen LogP contribution in [-0.2, 0) is 16.8 Å². The topological polar surface area (TPSA) is 48.4 Å². The molecule has 1 aromatic rings. The van der Waals surface area contributed by atoms with Crippen LogP contribution in [0.15, 0.2) is 16.7 Å². The van der Waals surface area contributed by atoms with E-state index in [2.05, 4.69) is 13.8 Å². The molecular formula is C10H17NO2. The Bertz CT molecular complexity index is 266. The molecule has 74 valence electrons. The van der Waals surface area contributed by atoms with Gasteiger partial charge in [-0.15, -0.1) is 0 Å². The summed E-state index contributed by atoms with van der Waals surface area (Å²) in [5.41, 5.74) is 6.63. The quantitative estimate of drug-likeness (QED) is 0.772. The molecule has 1 rings (SSSR count). The molecule has 0 unspecified atom stereocenters. The minimum atomic E-state index is -0.114. The first-order valence-corrected chi connectivity index (χ1v) is 4.37. The van der Waals surface area contributed by atoms with Crippen molar-refractivity contribution in [2.75, 3.05) is 13.7 Å². The van der Waals surface area contributed by atoms with E-state index in [0.29, 0.717) is 13.2 Å². The highest BCUT2D eigenvalue weighted by Crippen LogP contribution is 2.26. The predicted molar refractivity (Wildman–Crippen MR) is 51.5 cm³/mol. The van der Waals surface area contributed by atoms with Crippen LogP contribution in [-0.4, -0.2) is 13.7 Å². The van der Waals surface area contributed by atoms with Crippen LogP contribution < -0.4 is 5.73 Å². The fourth-order valence-corrected chi connectivity index (χ4v) is 1.29. The maximum Gasteiger partial charge on any atom is 0.116 e. The molecule has 0 saturated carbocycles. The van der Waals surface area contributed by atoms with Gasteiger partial charge in [-0.05, 0) is 6.07 Å². The van der Waals surface area contributed by atoms with Crippen molar-refractivity contribution in [1.82, 2.24) is 0 Å². The molecular weight excluding hydrogens is 166 g/mol. The number of hydrogen-bond donors (Lipinski definition) is 1. The first kappa shape index (κ1) is 10.3. The van der Waals surface area contributed by atoms with Crippen molar-refractivity contribution in [1.29, 1.82) is 0 Å². The normalized spacial score (nSPS) is 12.0. The SMILES string of the molecule is COCc1ccoc1C(C)(C)CN. The molecule has 0 aliphatic rings. The summed E-state index contributed by atoms with van der Waals surface area (Å²) >= 11 is 0. The largest absolute Gasteiger partial charge is 0.468 e. The maximum atomic E-state index is 5.66. The Morgan fingerprint density at radius 1 is 1.54 bits per heavy atom. The van der Waals surface area contributed by atoms with Gasteiger partial charge in [-0.3, -0.25) is 0 Å². The van der Waals surface area contributed by atoms with Crippen LogP contribution in [0.5, 0.6) is 0 Å². The molecule has 3 heteroatoms. The van der Waals surface area contributed by atoms with Crippen molar-refractivity contribution in [2.45, 2.75) is 25.9 Å². The van der Waals surface area contributed by atoms with Gasteiger partial charge in [0, 0.05) is 24.6 Å². The van der Waals surface area contributed by atoms with Gasteiger partial charge in [0.2, 0.25) is 0 Å². The number of ether oxygens (including phenoxy) is 1. The van der Waals surface area contributed by atoms with Gasteiger partial charge in [-0.1, -0.05) is 13.8 Å². The molecule has 0 radical (unpaired) electrons. The van der Waals surface area contributed by atoms with Gasteiger partial charge in [-0.2, -0.15) is 0 Å². The summed E-state index contributed by atoms with van der Waals surface area (Å²) in [7, 11) is 1.67. The second-order valence-electron chi connectivity index (χ2n) is 3.80. The van der Waals surface area contributed by atoms with Crippen LogP contribution >= 0.6 is 0 Å². The van der Waals surface area contributed by atoms with E-state index in [1.807, 2.05) is 6.07 Å². The van der Waals surface area contributed by atoms with E-state index in [0.717, 1.165) is 11.3 Å². The van der Waals surface area contributed by atoms with Crippen LogP contribution in [0, 0.1) is 0 Å². The van der Waals surface area contributed by atoms with Gasteiger partial charge in [0.05, 0.1) is 12.9 Å². The Morgan fingerprint density at radius 3 is 2.77 bits per heavy atom. The van der Waals surface area contributed by atoms with Crippen LogP contribution in [0.2, 0.25) is 0 Å². The van der Waals surface area contributed by atoms with E-state index in [1.54, 1.807) is 13.4 Å². The Hall–Kier alpha value is -0.800. The molecule has 2 N–H and O–H groups in total. The highest BCUT2D eigenvalue weighted by molar-refractivity contribution is 5.23. The summed E-state index contributed by atoms with van der Waals surface area (Å²) in [6.07, 6.45) is 1.68. The second-order valence-corrected chi connectivity index (χ2v) is 3.80. The zero-order valence-electron chi connectivity index (χ0n) is 8.46. The first-order chi connectivity index (χ1) is 6.11. The van der Waals surface area contributed by atoms with Crippen molar-refractivity contribution in [3.63, 3.8) is 0 Å². The minimum Gasteiger partial charge on any atom is -0.468 e. The third-order valence-electron chi connectivity index (χ3n) is 2.17. The molecule has 0 fully saturated rings. The molecule has 0 amide bonds. The summed E-state index contributed by atoms with van der Waals surface area (Å²) < 4.78 is 10.5. The fraction of sp³-hybridized carbons (Fsp3) is 0.600. The third kappa shape index (κ3) is 2.11. The molecule has 3 nitrogen and oxygen atoms in total. The molecule has 0 atom stereocenters. The van der Waals surface area contributed by atoms with Crippen LogP contribution in [0.25, 0.3) is 0 Å². The number of hydrogen-bond acceptors (Lipinski definition) is 3. The van der Waals surface area contributed by atoms with E-state index in [-0.39, 0.29) is 5.41 Å². The lowest BCUT2D eigenvalue weighted by atomic mass is 9.88. The summed E-state index contributed by atoms with van der Waals surface area (Å²) in [5, 5.41) is 0. The van der Waals surface area contributed by atoms with E-state index in [4.69, 9.17) is 14.9 Å². The van der Waals surface area contributed by atoms with E-state index >= 15 is 0 Å². The summed E-state index contributed by atoms with van der Waals surface area (Å²) in [6.45, 7) is 5.27. The van der Waals surface area contributed by atoms with E-state index in [9.17, 15) is 0 Å². The average molecular weight is 183 g/mol. The van der Waals surface area contributed by atoms with E-state index < -0.39 is 0 Å². The van der Waals surface area contributed by atoms with Crippen LogP contribution in [0.3, 0.4) is 0 Å². The first-order valence-electron chi connectivity index (χ1n) is 4.37. The maximum absolute atomic E-state index is 5.66. The van der Waals surface area contributed by atoms with Crippen LogP contribution in [0.4, 0.5) is 0 Å². The fourth-order valence-electron chi connectivity index (χ4n) is 1.29. The molecule has 0 bridgehead atoms. The van der Waals surface area contributed by atoms with Crippen molar-refractivity contribution in [3.05, 3.63) is 23.7 Å². The molecule has 0 saturated heterocycles. The highest BCUT2D eigenvalue weighted by Gasteiger charge is 2.25. The van der Waals surface area contributed by atoms with Crippen molar-refractivity contribution in [3.8, 4) is 0 Å². The Morgan fingerprint density at radius 2 is 2.23 bits per heavy atom. The number of methoxy groups -OCH3 is 1. The monoisotopic (exact) mass is 183 g/mol. The lowest BCUT2D eigenvalue weighted by molar-refractivity contribution is 0.181. The lowest BCUT2D eigenvalue weighted by Gasteiger charge is -2.20. The molecule has 13 heavy (non-hydrogen) atoms. The molecule has 1 heterocycles. The Labute approximate surface area is 78.9 Å². The van der Waals surface area contributed by atoms with Crippen molar-refractivity contribution >= 4 is 0 Å². The third-order valence-corrected chi connectivity index (χ3v) is 2.17. The number of nitrogens with two attached hydrogens (primary N) is 1. The Kier molecular flexibility index (Phi) is 3.12. The van der Waals surface area contributed by atoms with Crippen molar-refractivity contribution in [2.24, 2.45) is 5.73 Å². The summed E-state index contributed by atoms with van der Waals surface area (Å²) in [6, 6.07) is 1.93. The molecule has 0 aliphatic heterocycles. The predicted octanol–water partition coefficient (Wildman–Crippen LogP) is 1.66. The second kappa shape index (κ2) is 3.94. The summed E-state index contributed by atoms with van der Waals surface area (Å²) in [4.78, 5) is 0. The van der Waals surface area contributed by atoms with Gasteiger partial charge in [0.1, 0.15) is 5.76 Å². The van der Waals surface area contributed by atoms with Gasteiger partial charge >= 0.3 is 0 Å². The molecule has 0 aliphatic carbocycles. The minimum absolute atomic E-state index is 0.114. The van der Waals surface area contributed by atoms with Gasteiger partial charge in [0.25, 0.3) is 0 Å². The smallest absolute Gasteiger partial charge is 0.116 e. The van der Waals surface area contributed by atoms with Gasteiger partial charge in [0.15, 0.2) is 0 Å². The number of rotatable bonds is 4. The van der Waals surface area contributed by atoms with E-state index in [1.165, 1.54) is 0 Å². The molecule has 0 aromatic carbocycles. The number of furan rings is 1. The average Bonchev–Trinajstić information content (AvgIpc) is 2.54. The van der Waals surface area contributed by atoms with Crippen molar-refractivity contribution < 1.29 is 9.15 Å². The zero-order valence-corrected chi connectivity index (χ0v) is 8.46. The standard InChI is InChI=1S/C10H17NO2/c1-10(2,7-11)9-8(6-12-3)4-5-13-9/h4-5H,6-7,11H2,1-3H3. The molecule has 1 aromatic heterocycles. The van der Waals surface area contributed by atoms with Gasteiger partial charge in [-0.25, -0.2) is 0 Å². The lowest BCUT2D eigenvalue weighted by Crippen LogP contribution is -2.28. The molecule has 0 spiro atoms. The van der Waals surface area contributed by atoms with Crippen LogP contribution in [0.1, 0.15) is 25.2 Å².